The first-order valence-electron chi connectivity index (χ1n) is 30.4. The van der Waals surface area contributed by atoms with Crippen LogP contribution in [0.1, 0.15) is 24.0 Å². The van der Waals surface area contributed by atoms with Crippen molar-refractivity contribution >= 4 is 91.9 Å². The van der Waals surface area contributed by atoms with Crippen molar-refractivity contribution in [1.29, 1.82) is 0 Å². The minimum Gasteiger partial charge on any atom is -0.493 e. The fourth-order valence-corrected chi connectivity index (χ4v) is 9.85. The van der Waals surface area contributed by atoms with Gasteiger partial charge in [-0.2, -0.15) is 10.2 Å². The lowest BCUT2D eigenvalue weighted by Gasteiger charge is -2.36. The molecular formula is C66H64F4N16O18. The van der Waals surface area contributed by atoms with Gasteiger partial charge in [-0.3, -0.25) is 0 Å². The van der Waals surface area contributed by atoms with Crippen LogP contribution in [0.5, 0.6) is 46.3 Å². The summed E-state index contributed by atoms with van der Waals surface area (Å²) in [5, 5.41) is 62.4. The van der Waals surface area contributed by atoms with Crippen LogP contribution in [0.25, 0.3) is 33.1 Å². The van der Waals surface area contributed by atoms with Gasteiger partial charge in [0.2, 0.25) is 11.8 Å². The maximum absolute atomic E-state index is 14.9. The Morgan fingerprint density at radius 3 is 1.13 bits per heavy atom. The number of aromatic nitrogens is 12. The number of nitrogens with zero attached hydrogens (tertiary/aromatic N) is 14. The number of anilines is 4. The lowest BCUT2D eigenvalue weighted by Crippen LogP contribution is -2.52. The molecule has 0 radical (unpaired) electrons. The zero-order valence-electron chi connectivity index (χ0n) is 55.6. The summed E-state index contributed by atoms with van der Waals surface area (Å²) < 4.78 is 97.7. The molecule has 2 fully saturated rings. The van der Waals surface area contributed by atoms with Crippen LogP contribution >= 0.6 is 0 Å². The highest BCUT2D eigenvalue weighted by Gasteiger charge is 2.47. The number of fused-ring (bicyclic) bond motifs is 4. The Labute approximate surface area is 584 Å². The molecular weight excluding hydrogens is 1380 g/mol. The first-order chi connectivity index (χ1) is 49.5. The second kappa shape index (κ2) is 34.7. The number of carboxylic acid groups (broad SMARTS) is 6. The largest absolute Gasteiger partial charge is 0.493 e. The molecule has 0 spiro atoms. The maximum atomic E-state index is 14.9. The predicted molar refractivity (Wildman–Crippen MR) is 359 cm³/mol. The van der Waals surface area contributed by atoms with Crippen molar-refractivity contribution in [2.45, 2.75) is 50.7 Å². The average Bonchev–Trinajstić information content (AvgIpc) is 0.804. The highest BCUT2D eigenvalue weighted by atomic mass is 19.3. The predicted octanol–water partition coefficient (Wildman–Crippen LogP) is 8.41. The molecule has 38 heteroatoms. The van der Waals surface area contributed by atoms with E-state index in [1.807, 2.05) is 38.1 Å². The van der Waals surface area contributed by atoms with Gasteiger partial charge in [0.15, 0.2) is 46.5 Å². The van der Waals surface area contributed by atoms with Gasteiger partial charge in [0.1, 0.15) is 61.1 Å². The van der Waals surface area contributed by atoms with Crippen molar-refractivity contribution in [3.63, 3.8) is 0 Å². The molecule has 104 heavy (non-hydrogen) atoms. The van der Waals surface area contributed by atoms with Gasteiger partial charge in [-0.05, 0) is 99.7 Å². The minimum absolute atomic E-state index is 0.166. The molecule has 0 unspecified atom stereocenters. The molecule has 34 nitrogen and oxygen atoms in total. The molecule has 0 saturated carbocycles. The number of piperidine rings is 2. The van der Waals surface area contributed by atoms with Crippen molar-refractivity contribution < 1.29 is 105 Å². The van der Waals surface area contributed by atoms with Gasteiger partial charge >= 0.3 is 35.8 Å². The number of halogens is 4. The normalized spacial score (nSPS) is 15.4. The molecule has 2 atom stereocenters. The monoisotopic (exact) mass is 1440 g/mol. The fraction of sp³-hybridized carbons (Fsp3) is 0.242. The Morgan fingerprint density at radius 2 is 0.817 bits per heavy atom. The van der Waals surface area contributed by atoms with Crippen LogP contribution in [-0.4, -0.2) is 214 Å². The molecule has 0 bridgehead atoms. The van der Waals surface area contributed by atoms with Crippen LogP contribution in [0.2, 0.25) is 0 Å². The van der Waals surface area contributed by atoms with Crippen molar-refractivity contribution in [2.75, 3.05) is 65.1 Å². The zero-order chi connectivity index (χ0) is 75.4. The van der Waals surface area contributed by atoms with Crippen LogP contribution in [-0.2, 0) is 28.8 Å². The summed E-state index contributed by atoms with van der Waals surface area (Å²) in [6, 6.07) is 21.2. The molecule has 6 aromatic heterocycles. The van der Waals surface area contributed by atoms with Crippen molar-refractivity contribution in [1.82, 2.24) is 68.9 Å². The molecule has 2 aliphatic heterocycles. The standard InChI is InChI=1S/2C27H26F2N8O3.3C4H4O4/c2*1-16-10-17(4-6-19(16)39-23-11-22-31-14-34-37(22)15-33-23)35-26-24-18(30-13-32-26)5-7-20(38-3)25(24)40-21-8-9-36(2)12-27(21,28)29;3*5-3(6)1-2-4(7)8/h2*4-7,10-11,13-15,21H,8-9,12H2,1-3H3,(H,30,32,35);3*1-2H,(H,5,6)(H,7,8)/b;;3*2-1+/t2*21-;;;/m11.../s1. The van der Waals surface area contributed by atoms with E-state index in [0.29, 0.717) is 140 Å². The molecule has 4 aromatic carbocycles. The number of nitrogens with one attached hydrogen (secondary N) is 2. The summed E-state index contributed by atoms with van der Waals surface area (Å²) in [6.45, 7) is 4.00. The van der Waals surface area contributed by atoms with E-state index in [1.165, 1.54) is 52.2 Å². The van der Waals surface area contributed by atoms with Crippen LogP contribution < -0.4 is 39.1 Å². The molecule has 8 heterocycles. The third-order valence-corrected chi connectivity index (χ3v) is 14.6. The number of alkyl halides is 4. The Balaban J connectivity index is 0.000000200. The van der Waals surface area contributed by atoms with Gasteiger partial charge in [0.05, 0.1) is 49.1 Å². The zero-order valence-corrected chi connectivity index (χ0v) is 55.6. The average molecular weight is 1450 g/mol. The van der Waals surface area contributed by atoms with Crippen LogP contribution in [0.4, 0.5) is 40.6 Å². The van der Waals surface area contributed by atoms with E-state index in [1.54, 1.807) is 81.5 Å². The smallest absolute Gasteiger partial charge is 0.328 e. The van der Waals surface area contributed by atoms with Gasteiger partial charge in [0.25, 0.3) is 11.8 Å². The van der Waals surface area contributed by atoms with E-state index < -0.39 is 59.9 Å². The lowest BCUT2D eigenvalue weighted by atomic mass is 10.0. The summed E-state index contributed by atoms with van der Waals surface area (Å²) in [5.41, 5.74) is 5.32. The number of carbonyl (C=O) groups is 6. The van der Waals surface area contributed by atoms with Crippen LogP contribution in [0, 0.1) is 13.8 Å². The maximum Gasteiger partial charge on any atom is 0.328 e. The van der Waals surface area contributed by atoms with E-state index in [4.69, 9.17) is 59.1 Å². The Bertz CT molecular complexity index is 4490. The number of carboxylic acids is 6. The van der Waals surface area contributed by atoms with Gasteiger partial charge in [0, 0.05) is 85.9 Å². The SMILES string of the molecule is COc1ccc2ncnc(Nc3ccc(Oc4cc5ncnn5cn4)c(C)c3)c2c1O[C@@H]1CCN(C)CC1(F)F.COc1ccc2ncnc(Nc3ccc(Oc4cc5ncnn5cn4)c(C)c3)c2c1O[C@@H]1CCN(C)CC1(F)F.O=C(O)/C=C/C(=O)O.O=C(O)/C=C/C(=O)O.O=C(O)/C=C/C(=O)O. The number of aliphatic carboxylic acids is 6. The van der Waals surface area contributed by atoms with Crippen LogP contribution in [0.15, 0.2) is 147 Å². The molecule has 544 valence electrons. The molecule has 10 aromatic rings. The number of hydrogen-bond acceptors (Lipinski definition) is 26. The van der Waals surface area contributed by atoms with E-state index in [2.05, 4.69) is 60.7 Å². The van der Waals surface area contributed by atoms with Gasteiger partial charge in [-0.1, -0.05) is 0 Å². The minimum atomic E-state index is -3.04. The number of benzene rings is 4. The summed E-state index contributed by atoms with van der Waals surface area (Å²) in [5.74, 6) is -9.90. The second-order valence-corrected chi connectivity index (χ2v) is 22.2. The number of ether oxygens (including phenoxy) is 6. The lowest BCUT2D eigenvalue weighted by molar-refractivity contribution is -0.135. The third kappa shape index (κ3) is 21.1. The summed E-state index contributed by atoms with van der Waals surface area (Å²) in [7, 11) is 6.27. The van der Waals surface area contributed by atoms with E-state index in [-0.39, 0.29) is 37.4 Å². The molecule has 2 saturated heterocycles. The van der Waals surface area contributed by atoms with Gasteiger partial charge in [-0.25, -0.2) is 95.2 Å². The highest BCUT2D eigenvalue weighted by molar-refractivity contribution is 5.99. The van der Waals surface area contributed by atoms with Crippen LogP contribution in [0.3, 0.4) is 0 Å². The number of rotatable bonds is 20. The Morgan fingerprint density at radius 1 is 0.471 bits per heavy atom. The fourth-order valence-electron chi connectivity index (χ4n) is 9.85. The number of aryl methyl sites for hydroxylation is 2. The van der Waals surface area contributed by atoms with Gasteiger partial charge < -0.3 is 79.5 Å². The molecule has 0 amide bonds. The number of methoxy groups -OCH3 is 2. The Kier molecular flexibility index (Phi) is 25.5. The number of likely N-dealkylation sites (tertiary alicyclic amines) is 2. The third-order valence-electron chi connectivity index (χ3n) is 14.6. The second-order valence-electron chi connectivity index (χ2n) is 22.2. The van der Waals surface area contributed by atoms with E-state index >= 15 is 0 Å². The summed E-state index contributed by atoms with van der Waals surface area (Å²) in [4.78, 5) is 94.8. The topological polar surface area (TPSA) is 447 Å². The first kappa shape index (κ1) is 76.5. The molecule has 8 N–H and O–H groups in total. The van der Waals surface area contributed by atoms with Crippen molar-refractivity contribution in [3.05, 3.63) is 158 Å². The number of hydrogen-bond donors (Lipinski definition) is 8. The first-order valence-corrected chi connectivity index (χ1v) is 30.4. The molecule has 0 aliphatic carbocycles. The van der Waals surface area contributed by atoms with Gasteiger partial charge in [-0.15, -0.1) is 0 Å². The van der Waals surface area contributed by atoms with E-state index in [0.717, 1.165) is 11.1 Å². The molecule has 12 rings (SSSR count). The summed E-state index contributed by atoms with van der Waals surface area (Å²) in [6.07, 6.45) is 9.78. The van der Waals surface area contributed by atoms with E-state index in [9.17, 15) is 46.3 Å². The van der Waals surface area contributed by atoms with Crippen molar-refractivity contribution in [3.8, 4) is 46.3 Å². The Hall–Kier alpha value is -13.3. The highest BCUT2D eigenvalue weighted by Crippen LogP contribution is 2.45. The summed E-state index contributed by atoms with van der Waals surface area (Å²) >= 11 is 0. The quantitative estimate of drug-likeness (QED) is 0.0262. The molecule has 2 aliphatic rings. The van der Waals surface area contributed by atoms with Crippen molar-refractivity contribution in [2.24, 2.45) is 0 Å².